The molecular formula is C5H6F2O2. The molecule has 3 atom stereocenters. The molecule has 0 radical (unpaired) electrons. The van der Waals surface area contributed by atoms with E-state index in [4.69, 9.17) is 5.11 Å². The van der Waals surface area contributed by atoms with Crippen molar-refractivity contribution in [2.75, 3.05) is 0 Å². The number of carboxylic acid groups (broad SMARTS) is 1. The first-order valence-electron chi connectivity index (χ1n) is 2.64. The Bertz CT molecular complexity index is 137. The third kappa shape index (κ3) is 0.886. The van der Waals surface area contributed by atoms with Crippen LogP contribution in [0.25, 0.3) is 0 Å². The molecule has 0 aromatic carbocycles. The zero-order valence-corrected chi connectivity index (χ0v) is 4.55. The molecular weight excluding hydrogens is 130 g/mol. The first-order valence-corrected chi connectivity index (χ1v) is 2.64. The van der Waals surface area contributed by atoms with Crippen LogP contribution in [0.1, 0.15) is 6.42 Å². The molecule has 2 nitrogen and oxygen atoms in total. The fourth-order valence-electron chi connectivity index (χ4n) is 0.796. The highest BCUT2D eigenvalue weighted by molar-refractivity contribution is 5.72. The van der Waals surface area contributed by atoms with Gasteiger partial charge in [-0.05, 0) is 6.42 Å². The minimum Gasteiger partial charge on any atom is -0.481 e. The standard InChI is InChI=1S/C5H6F2O2/c6-3-1-2(4(3)7)5(8)9/h2-4H,1H2,(H,8,9). The summed E-state index contributed by atoms with van der Waals surface area (Å²) in [5.74, 6) is -2.34. The molecule has 1 N–H and O–H groups in total. The first-order chi connectivity index (χ1) is 4.13. The molecule has 0 aliphatic heterocycles. The lowest BCUT2D eigenvalue weighted by Crippen LogP contribution is -2.44. The molecule has 0 spiro atoms. The van der Waals surface area contributed by atoms with Crippen LogP contribution in [0, 0.1) is 5.92 Å². The Balaban J connectivity index is 2.42. The molecule has 1 fully saturated rings. The number of aliphatic carboxylic acids is 1. The van der Waals surface area contributed by atoms with Crippen molar-refractivity contribution in [3.05, 3.63) is 0 Å². The average Bonchev–Trinajstić information content (AvgIpc) is 1.81. The summed E-state index contributed by atoms with van der Waals surface area (Å²) < 4.78 is 24.0. The van der Waals surface area contributed by atoms with Crippen LogP contribution >= 0.6 is 0 Å². The largest absolute Gasteiger partial charge is 0.481 e. The second-order valence-electron chi connectivity index (χ2n) is 2.14. The first kappa shape index (κ1) is 6.45. The Hall–Kier alpha value is -0.670. The van der Waals surface area contributed by atoms with E-state index in [9.17, 15) is 13.6 Å². The summed E-state index contributed by atoms with van der Waals surface area (Å²) in [6.07, 6.45) is -3.50. The van der Waals surface area contributed by atoms with Gasteiger partial charge >= 0.3 is 5.97 Å². The molecule has 0 bridgehead atoms. The van der Waals surface area contributed by atoms with Gasteiger partial charge in [-0.3, -0.25) is 4.79 Å². The Morgan fingerprint density at radius 2 is 2.11 bits per heavy atom. The quantitative estimate of drug-likeness (QED) is 0.578. The molecule has 9 heavy (non-hydrogen) atoms. The summed E-state index contributed by atoms with van der Waals surface area (Å²) in [4.78, 5) is 9.93. The highest BCUT2D eigenvalue weighted by atomic mass is 19.2. The molecule has 1 aliphatic carbocycles. The van der Waals surface area contributed by atoms with Crippen molar-refractivity contribution in [3.8, 4) is 0 Å². The van der Waals surface area contributed by atoms with E-state index in [-0.39, 0.29) is 6.42 Å². The van der Waals surface area contributed by atoms with Crippen LogP contribution in [0.2, 0.25) is 0 Å². The molecule has 1 saturated carbocycles. The zero-order valence-electron chi connectivity index (χ0n) is 4.55. The van der Waals surface area contributed by atoms with Crippen LogP contribution in [0.15, 0.2) is 0 Å². The Morgan fingerprint density at radius 3 is 2.22 bits per heavy atom. The van der Waals surface area contributed by atoms with Gasteiger partial charge in [0.05, 0.1) is 5.92 Å². The normalized spacial score (nSPS) is 41.8. The third-order valence-electron chi connectivity index (χ3n) is 1.53. The Labute approximate surface area is 50.5 Å². The molecule has 1 aliphatic rings. The van der Waals surface area contributed by atoms with Crippen LogP contribution in [-0.4, -0.2) is 23.4 Å². The lowest BCUT2D eigenvalue weighted by atomic mass is 9.81. The van der Waals surface area contributed by atoms with E-state index in [1.807, 2.05) is 0 Å². The monoisotopic (exact) mass is 136 g/mol. The Kier molecular flexibility index (Phi) is 1.38. The van der Waals surface area contributed by atoms with Crippen LogP contribution in [-0.2, 0) is 4.79 Å². The zero-order chi connectivity index (χ0) is 7.02. The molecule has 0 heterocycles. The number of hydrogen-bond donors (Lipinski definition) is 1. The van der Waals surface area contributed by atoms with E-state index in [1.165, 1.54) is 0 Å². The van der Waals surface area contributed by atoms with E-state index in [0.717, 1.165) is 0 Å². The lowest BCUT2D eigenvalue weighted by molar-refractivity contribution is -0.153. The van der Waals surface area contributed by atoms with Crippen LogP contribution in [0.3, 0.4) is 0 Å². The van der Waals surface area contributed by atoms with Gasteiger partial charge in [0.25, 0.3) is 0 Å². The average molecular weight is 136 g/mol. The van der Waals surface area contributed by atoms with Crippen LogP contribution < -0.4 is 0 Å². The van der Waals surface area contributed by atoms with Gasteiger partial charge < -0.3 is 5.11 Å². The number of halogens is 2. The van der Waals surface area contributed by atoms with Gasteiger partial charge in [-0.2, -0.15) is 0 Å². The van der Waals surface area contributed by atoms with Gasteiger partial charge in [0.15, 0.2) is 0 Å². The van der Waals surface area contributed by atoms with Crippen molar-refractivity contribution in [3.63, 3.8) is 0 Å². The molecule has 0 saturated heterocycles. The fourth-order valence-corrected chi connectivity index (χ4v) is 0.796. The summed E-state index contributed by atoms with van der Waals surface area (Å²) in [5.41, 5.74) is 0. The van der Waals surface area contributed by atoms with Crippen molar-refractivity contribution in [2.45, 2.75) is 18.8 Å². The third-order valence-corrected chi connectivity index (χ3v) is 1.53. The number of alkyl halides is 2. The van der Waals surface area contributed by atoms with Crippen molar-refractivity contribution in [2.24, 2.45) is 5.92 Å². The number of carbonyl (C=O) groups is 1. The second kappa shape index (κ2) is 1.93. The van der Waals surface area contributed by atoms with Crippen LogP contribution in [0.5, 0.6) is 0 Å². The summed E-state index contributed by atoms with van der Waals surface area (Å²) in [5, 5.41) is 8.11. The maximum Gasteiger partial charge on any atom is 0.309 e. The molecule has 1 rings (SSSR count). The van der Waals surface area contributed by atoms with Gasteiger partial charge in [-0.15, -0.1) is 0 Å². The summed E-state index contributed by atoms with van der Waals surface area (Å²) in [6.45, 7) is 0. The van der Waals surface area contributed by atoms with Gasteiger partial charge in [0.1, 0.15) is 12.3 Å². The molecule has 0 amide bonds. The highest BCUT2D eigenvalue weighted by Crippen LogP contribution is 2.33. The molecule has 52 valence electrons. The smallest absolute Gasteiger partial charge is 0.309 e. The highest BCUT2D eigenvalue weighted by Gasteiger charge is 2.46. The van der Waals surface area contributed by atoms with Crippen molar-refractivity contribution in [1.82, 2.24) is 0 Å². The Morgan fingerprint density at radius 1 is 1.56 bits per heavy atom. The van der Waals surface area contributed by atoms with Crippen molar-refractivity contribution in [1.29, 1.82) is 0 Å². The fraction of sp³-hybridized carbons (Fsp3) is 0.800. The van der Waals surface area contributed by atoms with Gasteiger partial charge in [-0.1, -0.05) is 0 Å². The molecule has 0 aromatic rings. The van der Waals surface area contributed by atoms with Gasteiger partial charge in [0, 0.05) is 0 Å². The number of rotatable bonds is 1. The summed E-state index contributed by atoms with van der Waals surface area (Å²) >= 11 is 0. The van der Waals surface area contributed by atoms with Gasteiger partial charge in [-0.25, -0.2) is 8.78 Å². The predicted octanol–water partition coefficient (Wildman–Crippen LogP) is 0.767. The second-order valence-corrected chi connectivity index (χ2v) is 2.14. The van der Waals surface area contributed by atoms with Crippen molar-refractivity contribution < 1.29 is 18.7 Å². The van der Waals surface area contributed by atoms with E-state index >= 15 is 0 Å². The maximum absolute atomic E-state index is 12.1. The molecule has 3 unspecified atom stereocenters. The molecule has 4 heteroatoms. The van der Waals surface area contributed by atoms with E-state index in [1.54, 1.807) is 0 Å². The maximum atomic E-state index is 12.1. The van der Waals surface area contributed by atoms with E-state index in [2.05, 4.69) is 0 Å². The van der Waals surface area contributed by atoms with E-state index < -0.39 is 24.2 Å². The lowest BCUT2D eigenvalue weighted by Gasteiger charge is -2.30. The SMILES string of the molecule is O=C(O)C1CC(F)C1F. The topological polar surface area (TPSA) is 37.3 Å². The summed E-state index contributed by atoms with van der Waals surface area (Å²) in [6, 6.07) is 0. The van der Waals surface area contributed by atoms with Crippen LogP contribution in [0.4, 0.5) is 8.78 Å². The van der Waals surface area contributed by atoms with E-state index in [0.29, 0.717) is 0 Å². The molecule has 0 aromatic heterocycles. The number of carboxylic acids is 1. The minimum atomic E-state index is -1.78. The summed E-state index contributed by atoms with van der Waals surface area (Å²) in [7, 11) is 0. The van der Waals surface area contributed by atoms with Crippen molar-refractivity contribution >= 4 is 5.97 Å². The minimum absolute atomic E-state index is 0.170. The number of hydrogen-bond acceptors (Lipinski definition) is 1. The predicted molar refractivity (Wildman–Crippen MR) is 25.5 cm³/mol. The van der Waals surface area contributed by atoms with Gasteiger partial charge in [0.2, 0.25) is 0 Å².